The number of aromatic nitrogens is 3. The second kappa shape index (κ2) is 12.9. The number of fused-ring (bicyclic) bond motifs is 1. The highest BCUT2D eigenvalue weighted by molar-refractivity contribution is 7.98. The molecule has 2 saturated heterocycles. The average molecular weight is 621 g/mol. The van der Waals surface area contributed by atoms with E-state index in [9.17, 15) is 18.4 Å². The van der Waals surface area contributed by atoms with Crippen LogP contribution in [0.5, 0.6) is 0 Å². The van der Waals surface area contributed by atoms with Crippen LogP contribution >= 0.6 is 11.8 Å². The molecule has 0 saturated carbocycles. The summed E-state index contributed by atoms with van der Waals surface area (Å²) < 4.78 is 35.6. The minimum absolute atomic E-state index is 0.0716. The van der Waals surface area contributed by atoms with Gasteiger partial charge in [-0.05, 0) is 73.2 Å². The Morgan fingerprint density at radius 2 is 2.00 bits per heavy atom. The maximum atomic E-state index is 14.8. The third-order valence-corrected chi connectivity index (χ3v) is 8.94. The fourth-order valence-electron chi connectivity index (χ4n) is 6.09. The molecule has 4 aromatic rings. The van der Waals surface area contributed by atoms with Crippen molar-refractivity contribution in [2.75, 3.05) is 37.4 Å². The van der Waals surface area contributed by atoms with Gasteiger partial charge < -0.3 is 15.0 Å². The first-order valence-corrected chi connectivity index (χ1v) is 15.9. The highest BCUT2D eigenvalue weighted by atomic mass is 32.2. The van der Waals surface area contributed by atoms with E-state index in [4.69, 9.17) is 9.84 Å². The molecule has 0 spiro atoms. The fourth-order valence-corrected chi connectivity index (χ4v) is 6.73. The predicted octanol–water partition coefficient (Wildman–Crippen LogP) is 5.06. The van der Waals surface area contributed by atoms with E-state index >= 15 is 0 Å². The van der Waals surface area contributed by atoms with Crippen LogP contribution in [-0.2, 0) is 11.3 Å². The number of benzene rings is 2. The second-order valence-corrected chi connectivity index (χ2v) is 12.0. The SMILES string of the molecule is CCOC(=O)c1cccc(CN2CC[C@H](NC(=O)c3cnc4ccc(N5C[C@@H](F)C[C@@H]5c5cc(F)ccc5SC)nn34)C2)c1. The molecule has 2 aromatic carbocycles. The summed E-state index contributed by atoms with van der Waals surface area (Å²) in [5.74, 6) is -0.514. The first-order chi connectivity index (χ1) is 21.3. The van der Waals surface area contributed by atoms with E-state index in [-0.39, 0.29) is 42.4 Å². The summed E-state index contributed by atoms with van der Waals surface area (Å²) >= 11 is 1.49. The molecule has 1 amide bonds. The summed E-state index contributed by atoms with van der Waals surface area (Å²) in [4.78, 5) is 34.8. The van der Waals surface area contributed by atoms with Crippen LogP contribution in [-0.4, -0.2) is 76.1 Å². The van der Waals surface area contributed by atoms with E-state index < -0.39 is 12.2 Å². The van der Waals surface area contributed by atoms with Crippen molar-refractivity contribution in [3.05, 3.63) is 89.0 Å². The Bertz CT molecular complexity index is 1680. The Morgan fingerprint density at radius 1 is 1.14 bits per heavy atom. The van der Waals surface area contributed by atoms with Gasteiger partial charge in [0.15, 0.2) is 11.3 Å². The Labute approximate surface area is 258 Å². The standard InChI is InChI=1S/C32H34F2N6O3S/c1-3-43-32(42)21-6-4-5-20(13-21)17-38-12-11-24(19-38)36-31(41)27-16-35-29-9-10-30(37-40(27)29)39-18-23(34)15-26(39)25-14-22(33)7-8-28(25)44-2/h4-10,13-14,16,23-24,26H,3,11-12,15,17-19H2,1-2H3,(H,36,41)/t23-,24-,26+/m0/s1. The smallest absolute Gasteiger partial charge is 0.338 e. The van der Waals surface area contributed by atoms with Crippen molar-refractivity contribution in [2.24, 2.45) is 0 Å². The molecule has 2 aliphatic rings. The maximum Gasteiger partial charge on any atom is 0.338 e. The van der Waals surface area contributed by atoms with Gasteiger partial charge >= 0.3 is 5.97 Å². The van der Waals surface area contributed by atoms with Crippen molar-refractivity contribution in [1.29, 1.82) is 0 Å². The van der Waals surface area contributed by atoms with Gasteiger partial charge in [-0.25, -0.2) is 23.1 Å². The summed E-state index contributed by atoms with van der Waals surface area (Å²) in [6, 6.07) is 15.1. The molecule has 3 atom stereocenters. The van der Waals surface area contributed by atoms with E-state index in [1.165, 1.54) is 34.6 Å². The van der Waals surface area contributed by atoms with E-state index in [2.05, 4.69) is 15.2 Å². The summed E-state index contributed by atoms with van der Waals surface area (Å²) in [5.41, 5.74) is 3.03. The van der Waals surface area contributed by atoms with E-state index in [1.807, 2.05) is 29.4 Å². The van der Waals surface area contributed by atoms with Crippen molar-refractivity contribution in [3.8, 4) is 0 Å². The molecule has 44 heavy (non-hydrogen) atoms. The number of amides is 1. The highest BCUT2D eigenvalue weighted by Crippen LogP contribution is 2.40. The van der Waals surface area contributed by atoms with E-state index in [0.717, 1.165) is 29.0 Å². The van der Waals surface area contributed by atoms with Crippen molar-refractivity contribution in [3.63, 3.8) is 0 Å². The van der Waals surface area contributed by atoms with Gasteiger partial charge in [-0.1, -0.05) is 12.1 Å². The van der Waals surface area contributed by atoms with Gasteiger partial charge in [0, 0.05) is 37.0 Å². The van der Waals surface area contributed by atoms with E-state index in [0.29, 0.717) is 36.7 Å². The molecule has 2 fully saturated rings. The lowest BCUT2D eigenvalue weighted by Crippen LogP contribution is -2.37. The van der Waals surface area contributed by atoms with Gasteiger partial charge in [0.05, 0.1) is 31.0 Å². The number of ether oxygens (including phenoxy) is 1. The molecular weight excluding hydrogens is 586 g/mol. The minimum atomic E-state index is -1.10. The number of thioether (sulfide) groups is 1. The highest BCUT2D eigenvalue weighted by Gasteiger charge is 2.36. The van der Waals surface area contributed by atoms with Crippen LogP contribution in [0.3, 0.4) is 0 Å². The molecule has 230 valence electrons. The van der Waals surface area contributed by atoms with Crippen LogP contribution in [0.2, 0.25) is 0 Å². The zero-order chi connectivity index (χ0) is 30.8. The Hall–Kier alpha value is -4.03. The first-order valence-electron chi connectivity index (χ1n) is 14.7. The van der Waals surface area contributed by atoms with Gasteiger partial charge in [-0.2, -0.15) is 0 Å². The topological polar surface area (TPSA) is 92.1 Å². The Kier molecular flexibility index (Phi) is 8.81. The van der Waals surface area contributed by atoms with Crippen LogP contribution in [0.15, 0.2) is 65.7 Å². The van der Waals surface area contributed by atoms with Gasteiger partial charge in [0.2, 0.25) is 0 Å². The normalized spacial score (nSPS) is 20.4. The number of esters is 1. The van der Waals surface area contributed by atoms with Crippen molar-refractivity contribution < 1.29 is 23.1 Å². The molecule has 2 aromatic heterocycles. The number of imidazole rings is 1. The minimum Gasteiger partial charge on any atom is -0.462 e. The monoisotopic (exact) mass is 620 g/mol. The molecular formula is C32H34F2N6O3S. The molecule has 0 aliphatic carbocycles. The van der Waals surface area contributed by atoms with Crippen LogP contribution < -0.4 is 10.2 Å². The lowest BCUT2D eigenvalue weighted by Gasteiger charge is -2.27. The van der Waals surface area contributed by atoms with E-state index in [1.54, 1.807) is 31.2 Å². The number of hydrogen-bond donors (Lipinski definition) is 1. The molecule has 4 heterocycles. The van der Waals surface area contributed by atoms with Crippen molar-refractivity contribution >= 4 is 35.1 Å². The molecule has 1 N–H and O–H groups in total. The summed E-state index contributed by atoms with van der Waals surface area (Å²) in [6.45, 7) is 4.32. The van der Waals surface area contributed by atoms with Crippen LogP contribution in [0.1, 0.15) is 57.8 Å². The van der Waals surface area contributed by atoms with Gasteiger partial charge in [-0.3, -0.25) is 9.69 Å². The quantitative estimate of drug-likeness (QED) is 0.205. The second-order valence-electron chi connectivity index (χ2n) is 11.1. The number of nitrogens with zero attached hydrogens (tertiary/aromatic N) is 5. The third-order valence-electron chi connectivity index (χ3n) is 8.13. The number of carbonyl (C=O) groups is 2. The molecule has 9 nitrogen and oxygen atoms in total. The summed E-state index contributed by atoms with van der Waals surface area (Å²) in [5, 5.41) is 7.83. The summed E-state index contributed by atoms with van der Waals surface area (Å²) in [6.07, 6.45) is 3.31. The van der Waals surface area contributed by atoms with Crippen LogP contribution in [0, 0.1) is 5.82 Å². The van der Waals surface area contributed by atoms with Crippen molar-refractivity contribution in [2.45, 2.75) is 49.5 Å². The predicted molar refractivity (Wildman–Crippen MR) is 164 cm³/mol. The number of alkyl halides is 1. The van der Waals surface area contributed by atoms with Gasteiger partial charge in [0.25, 0.3) is 5.91 Å². The summed E-state index contributed by atoms with van der Waals surface area (Å²) in [7, 11) is 0. The molecule has 0 unspecified atom stereocenters. The number of rotatable bonds is 9. The van der Waals surface area contributed by atoms with Crippen LogP contribution in [0.25, 0.3) is 5.65 Å². The number of anilines is 1. The zero-order valence-electron chi connectivity index (χ0n) is 24.6. The van der Waals surface area contributed by atoms with Gasteiger partial charge in [0.1, 0.15) is 17.8 Å². The molecule has 6 rings (SSSR count). The Balaban J connectivity index is 1.15. The molecule has 2 aliphatic heterocycles. The lowest BCUT2D eigenvalue weighted by atomic mass is 10.0. The number of halogens is 2. The number of carbonyl (C=O) groups excluding carboxylic acids is 2. The number of likely N-dealkylation sites (tertiary alicyclic amines) is 1. The third kappa shape index (κ3) is 6.27. The number of hydrogen-bond acceptors (Lipinski definition) is 8. The number of nitrogens with one attached hydrogen (secondary N) is 1. The Morgan fingerprint density at radius 3 is 2.82 bits per heavy atom. The first kappa shape index (κ1) is 30.0. The maximum absolute atomic E-state index is 14.8. The van der Waals surface area contributed by atoms with Crippen LogP contribution in [0.4, 0.5) is 14.6 Å². The molecule has 12 heteroatoms. The van der Waals surface area contributed by atoms with Gasteiger partial charge in [-0.15, -0.1) is 16.9 Å². The fraction of sp³-hybridized carbons (Fsp3) is 0.375. The van der Waals surface area contributed by atoms with Crippen molar-refractivity contribution in [1.82, 2.24) is 24.8 Å². The average Bonchev–Trinajstić information content (AvgIpc) is 3.75. The largest absolute Gasteiger partial charge is 0.462 e. The molecule has 0 radical (unpaired) electrons. The molecule has 0 bridgehead atoms. The zero-order valence-corrected chi connectivity index (χ0v) is 25.4. The lowest BCUT2D eigenvalue weighted by molar-refractivity contribution is 0.0526.